The van der Waals surface area contributed by atoms with E-state index >= 15 is 0 Å². The molecule has 0 bridgehead atoms. The molecule has 2 aromatic rings. The lowest BCUT2D eigenvalue weighted by atomic mass is 10.3. The fourth-order valence-electron chi connectivity index (χ4n) is 2.64. The Labute approximate surface area is 171 Å². The highest BCUT2D eigenvalue weighted by Gasteiger charge is 2.29. The quantitative estimate of drug-likeness (QED) is 0.557. The topological polar surface area (TPSA) is 94.2 Å². The molecule has 0 aliphatic heterocycles. The van der Waals surface area contributed by atoms with Crippen LogP contribution in [0, 0.1) is 0 Å². The number of hydrogen-bond acceptors (Lipinski definition) is 6. The summed E-state index contributed by atoms with van der Waals surface area (Å²) in [4.78, 5) is 12.5. The highest BCUT2D eigenvalue weighted by molar-refractivity contribution is 7.92. The third-order valence-corrected chi connectivity index (χ3v) is 5.91. The molecule has 0 fully saturated rings. The maximum absolute atomic E-state index is 13.3. The van der Waals surface area contributed by atoms with Gasteiger partial charge in [-0.3, -0.25) is 9.10 Å². The van der Waals surface area contributed by atoms with Crippen molar-refractivity contribution in [3.05, 3.63) is 48.5 Å². The highest BCUT2D eigenvalue weighted by atomic mass is 32.2. The van der Waals surface area contributed by atoms with Crippen molar-refractivity contribution in [1.29, 1.82) is 0 Å². The summed E-state index contributed by atoms with van der Waals surface area (Å²) in [5.41, 5.74) is 0.276. The van der Waals surface area contributed by atoms with E-state index in [0.717, 1.165) is 4.31 Å². The molecule has 0 aliphatic rings. The van der Waals surface area contributed by atoms with Crippen LogP contribution in [0.15, 0.2) is 53.4 Å². The normalized spacial score (nSPS) is 11.0. The van der Waals surface area contributed by atoms with Gasteiger partial charge in [-0.1, -0.05) is 12.1 Å². The first-order valence-electron chi connectivity index (χ1n) is 8.99. The Balaban J connectivity index is 2.36. The number of nitrogens with one attached hydrogen (secondary N) is 1. The molecule has 0 unspecified atom stereocenters. The molecule has 8 nitrogen and oxygen atoms in total. The Morgan fingerprint density at radius 3 is 2.31 bits per heavy atom. The molecule has 0 aliphatic carbocycles. The van der Waals surface area contributed by atoms with Gasteiger partial charge >= 0.3 is 0 Å². The minimum Gasteiger partial charge on any atom is -0.497 e. The van der Waals surface area contributed by atoms with E-state index in [2.05, 4.69) is 5.32 Å². The van der Waals surface area contributed by atoms with Gasteiger partial charge in [-0.05, 0) is 42.8 Å². The van der Waals surface area contributed by atoms with Crippen LogP contribution in [0.2, 0.25) is 0 Å². The van der Waals surface area contributed by atoms with Crippen molar-refractivity contribution in [2.75, 3.05) is 45.3 Å². The Hall–Kier alpha value is -2.78. The molecule has 1 amide bonds. The fourth-order valence-corrected chi connectivity index (χ4v) is 4.07. The summed E-state index contributed by atoms with van der Waals surface area (Å²) in [6.07, 6.45) is 0.627. The molecule has 0 atom stereocenters. The second kappa shape index (κ2) is 10.7. The molecule has 0 heterocycles. The van der Waals surface area contributed by atoms with E-state index in [1.807, 2.05) is 0 Å². The van der Waals surface area contributed by atoms with Crippen molar-refractivity contribution in [2.45, 2.75) is 11.3 Å². The first-order chi connectivity index (χ1) is 13.9. The van der Waals surface area contributed by atoms with Gasteiger partial charge in [0.25, 0.3) is 10.0 Å². The summed E-state index contributed by atoms with van der Waals surface area (Å²) in [6.45, 7) is 0.497. The number of amides is 1. The molecule has 0 radical (unpaired) electrons. The van der Waals surface area contributed by atoms with Gasteiger partial charge < -0.3 is 19.5 Å². The van der Waals surface area contributed by atoms with E-state index in [1.165, 1.54) is 26.4 Å². The number of benzene rings is 2. The average Bonchev–Trinajstić information content (AvgIpc) is 2.75. The van der Waals surface area contributed by atoms with Gasteiger partial charge in [0, 0.05) is 20.3 Å². The lowest BCUT2D eigenvalue weighted by Gasteiger charge is -2.25. The van der Waals surface area contributed by atoms with Crippen LogP contribution < -0.4 is 19.1 Å². The first kappa shape index (κ1) is 22.5. The van der Waals surface area contributed by atoms with Crippen LogP contribution in [0.5, 0.6) is 11.5 Å². The number of rotatable bonds is 11. The third kappa shape index (κ3) is 5.85. The van der Waals surface area contributed by atoms with Crippen LogP contribution in [0.4, 0.5) is 5.69 Å². The van der Waals surface area contributed by atoms with E-state index < -0.39 is 15.9 Å². The summed E-state index contributed by atoms with van der Waals surface area (Å²) in [5.74, 6) is 0.449. The molecule has 0 saturated heterocycles. The van der Waals surface area contributed by atoms with Crippen molar-refractivity contribution in [3.8, 4) is 11.5 Å². The summed E-state index contributed by atoms with van der Waals surface area (Å²) in [6, 6.07) is 12.6. The van der Waals surface area contributed by atoms with Crippen LogP contribution in [0.25, 0.3) is 0 Å². The van der Waals surface area contributed by atoms with Crippen molar-refractivity contribution in [1.82, 2.24) is 5.32 Å². The van der Waals surface area contributed by atoms with E-state index in [1.54, 1.807) is 43.5 Å². The lowest BCUT2D eigenvalue weighted by molar-refractivity contribution is -0.119. The Kier molecular flexibility index (Phi) is 8.29. The molecule has 1 N–H and O–H groups in total. The lowest BCUT2D eigenvalue weighted by Crippen LogP contribution is -2.41. The third-order valence-electron chi connectivity index (χ3n) is 4.14. The number of carbonyl (C=O) groups is 1. The van der Waals surface area contributed by atoms with Crippen LogP contribution >= 0.6 is 0 Å². The maximum atomic E-state index is 13.3. The minimum absolute atomic E-state index is 0.0383. The molecule has 0 aromatic heterocycles. The second-order valence-corrected chi connectivity index (χ2v) is 7.92. The van der Waals surface area contributed by atoms with E-state index in [4.69, 9.17) is 14.2 Å². The number of ether oxygens (including phenoxy) is 3. The van der Waals surface area contributed by atoms with Gasteiger partial charge in [-0.15, -0.1) is 0 Å². The van der Waals surface area contributed by atoms with Crippen molar-refractivity contribution >= 4 is 21.6 Å². The zero-order valence-corrected chi connectivity index (χ0v) is 17.6. The van der Waals surface area contributed by atoms with E-state index in [-0.39, 0.29) is 17.1 Å². The minimum atomic E-state index is -4.03. The summed E-state index contributed by atoms with van der Waals surface area (Å²) in [5, 5.41) is 2.71. The van der Waals surface area contributed by atoms with Gasteiger partial charge in [0.05, 0.1) is 24.8 Å². The molecule has 0 spiro atoms. The predicted octanol–water partition coefficient (Wildman–Crippen LogP) is 2.05. The van der Waals surface area contributed by atoms with Crippen LogP contribution in [0.1, 0.15) is 6.42 Å². The smallest absolute Gasteiger partial charge is 0.264 e. The molecule has 9 heteroatoms. The van der Waals surface area contributed by atoms with Crippen LogP contribution in [-0.4, -0.2) is 55.4 Å². The maximum Gasteiger partial charge on any atom is 0.264 e. The molecular formula is C20H26N2O6S. The molecular weight excluding hydrogens is 396 g/mol. The zero-order valence-electron chi connectivity index (χ0n) is 16.8. The fraction of sp³-hybridized carbons (Fsp3) is 0.350. The highest BCUT2D eigenvalue weighted by Crippen LogP contribution is 2.32. The summed E-state index contributed by atoms with van der Waals surface area (Å²) >= 11 is 0. The predicted molar refractivity (Wildman–Crippen MR) is 110 cm³/mol. The van der Waals surface area contributed by atoms with E-state index in [0.29, 0.717) is 31.1 Å². The van der Waals surface area contributed by atoms with Gasteiger partial charge in [-0.2, -0.15) is 0 Å². The Morgan fingerprint density at radius 1 is 1.00 bits per heavy atom. The molecule has 0 saturated carbocycles. The summed E-state index contributed by atoms with van der Waals surface area (Å²) < 4.78 is 43.1. The SMILES string of the molecule is COCCCNC(=O)CN(c1ccccc1OC)S(=O)(=O)c1ccc(OC)cc1. The molecule has 29 heavy (non-hydrogen) atoms. The number of methoxy groups -OCH3 is 3. The monoisotopic (exact) mass is 422 g/mol. The molecule has 2 aromatic carbocycles. The number of nitrogens with zero attached hydrogens (tertiary/aromatic N) is 1. The molecule has 2 rings (SSSR count). The number of hydrogen-bond donors (Lipinski definition) is 1. The molecule has 158 valence electrons. The van der Waals surface area contributed by atoms with Gasteiger partial charge in [0.15, 0.2) is 0 Å². The zero-order chi connectivity index (χ0) is 21.3. The van der Waals surface area contributed by atoms with Crippen LogP contribution in [-0.2, 0) is 19.6 Å². The summed E-state index contributed by atoms with van der Waals surface area (Å²) in [7, 11) is 0.491. The van der Waals surface area contributed by atoms with Crippen LogP contribution in [0.3, 0.4) is 0 Å². The second-order valence-electron chi connectivity index (χ2n) is 6.06. The van der Waals surface area contributed by atoms with Crippen molar-refractivity contribution in [2.24, 2.45) is 0 Å². The number of carbonyl (C=O) groups excluding carboxylic acids is 1. The van der Waals surface area contributed by atoms with Gasteiger partial charge in [0.1, 0.15) is 18.0 Å². The average molecular weight is 423 g/mol. The number of para-hydroxylation sites is 2. The van der Waals surface area contributed by atoms with Crippen molar-refractivity contribution in [3.63, 3.8) is 0 Å². The Bertz CT molecular complexity index is 899. The van der Waals surface area contributed by atoms with Gasteiger partial charge in [-0.25, -0.2) is 8.42 Å². The number of sulfonamides is 1. The van der Waals surface area contributed by atoms with E-state index in [9.17, 15) is 13.2 Å². The van der Waals surface area contributed by atoms with Crippen molar-refractivity contribution < 1.29 is 27.4 Å². The first-order valence-corrected chi connectivity index (χ1v) is 10.4. The Morgan fingerprint density at radius 2 is 1.69 bits per heavy atom. The number of anilines is 1. The van der Waals surface area contributed by atoms with Gasteiger partial charge in [0.2, 0.25) is 5.91 Å². The largest absolute Gasteiger partial charge is 0.497 e. The standard InChI is InChI=1S/C20H26N2O6S/c1-26-14-6-13-21-20(23)15-22(18-7-4-5-8-19(18)28-3)29(24,25)17-11-9-16(27-2)10-12-17/h4-5,7-12H,6,13-15H2,1-3H3,(H,21,23).